The van der Waals surface area contributed by atoms with Crippen molar-refractivity contribution in [3.63, 3.8) is 0 Å². The summed E-state index contributed by atoms with van der Waals surface area (Å²) < 4.78 is 6.23. The fourth-order valence-corrected chi connectivity index (χ4v) is 2.50. The van der Waals surface area contributed by atoms with E-state index in [1.807, 2.05) is 55.5 Å². The van der Waals surface area contributed by atoms with Gasteiger partial charge in [0.15, 0.2) is 0 Å². The Morgan fingerprint density at radius 1 is 1.14 bits per heavy atom. The van der Waals surface area contributed by atoms with Crippen LogP contribution in [0.3, 0.4) is 0 Å². The number of halogens is 1. The molecule has 0 aromatic heterocycles. The number of nitrogens with zero attached hydrogens (tertiary/aromatic N) is 1. The van der Waals surface area contributed by atoms with Gasteiger partial charge in [0.1, 0.15) is 5.75 Å². The van der Waals surface area contributed by atoms with Gasteiger partial charge in [0.2, 0.25) is 0 Å². The van der Waals surface area contributed by atoms with E-state index in [-0.39, 0.29) is 5.91 Å². The molecule has 2 aromatic rings. The van der Waals surface area contributed by atoms with E-state index in [0.717, 1.165) is 15.8 Å². The first-order valence-corrected chi connectivity index (χ1v) is 7.63. The summed E-state index contributed by atoms with van der Waals surface area (Å²) in [5, 5.41) is 0. The molecule has 110 valence electrons. The molecule has 0 aliphatic heterocycles. The molecule has 0 N–H and O–H groups in total. The number of benzene rings is 2. The van der Waals surface area contributed by atoms with Gasteiger partial charge in [0, 0.05) is 18.1 Å². The SMILES string of the molecule is CCOc1ccc(CN(C)C(=O)c2ccccc2Br)cc1. The lowest BCUT2D eigenvalue weighted by Gasteiger charge is -2.18. The molecule has 0 aliphatic carbocycles. The number of hydrogen-bond acceptors (Lipinski definition) is 2. The van der Waals surface area contributed by atoms with Crippen LogP contribution in [-0.2, 0) is 6.54 Å². The predicted octanol–water partition coefficient (Wildman–Crippen LogP) is 4.12. The Morgan fingerprint density at radius 3 is 2.43 bits per heavy atom. The van der Waals surface area contributed by atoms with Crippen LogP contribution in [0.4, 0.5) is 0 Å². The molecule has 2 rings (SSSR count). The maximum atomic E-state index is 12.4. The highest BCUT2D eigenvalue weighted by Crippen LogP contribution is 2.19. The van der Waals surface area contributed by atoms with Crippen molar-refractivity contribution in [2.75, 3.05) is 13.7 Å². The van der Waals surface area contributed by atoms with E-state index in [4.69, 9.17) is 4.74 Å². The lowest BCUT2D eigenvalue weighted by molar-refractivity contribution is 0.0784. The smallest absolute Gasteiger partial charge is 0.255 e. The van der Waals surface area contributed by atoms with Gasteiger partial charge in [-0.25, -0.2) is 0 Å². The van der Waals surface area contributed by atoms with Gasteiger partial charge >= 0.3 is 0 Å². The van der Waals surface area contributed by atoms with Crippen molar-refractivity contribution in [3.05, 3.63) is 64.1 Å². The largest absolute Gasteiger partial charge is 0.494 e. The maximum Gasteiger partial charge on any atom is 0.255 e. The molecular formula is C17H18BrNO2. The molecule has 0 bridgehead atoms. The summed E-state index contributed by atoms with van der Waals surface area (Å²) in [4.78, 5) is 14.1. The fourth-order valence-electron chi connectivity index (χ4n) is 2.04. The van der Waals surface area contributed by atoms with Crippen LogP contribution < -0.4 is 4.74 Å². The molecule has 3 nitrogen and oxygen atoms in total. The van der Waals surface area contributed by atoms with Crippen molar-refractivity contribution in [2.24, 2.45) is 0 Å². The zero-order valence-electron chi connectivity index (χ0n) is 12.2. The van der Waals surface area contributed by atoms with Crippen molar-refractivity contribution in [1.29, 1.82) is 0 Å². The fraction of sp³-hybridized carbons (Fsp3) is 0.235. The van der Waals surface area contributed by atoms with Crippen LogP contribution in [0.25, 0.3) is 0 Å². The number of carbonyl (C=O) groups excluding carboxylic acids is 1. The summed E-state index contributed by atoms with van der Waals surface area (Å²) in [7, 11) is 1.80. The Labute approximate surface area is 133 Å². The minimum atomic E-state index is -0.00337. The number of amides is 1. The molecule has 0 saturated heterocycles. The topological polar surface area (TPSA) is 29.5 Å². The Bertz CT molecular complexity index is 610. The van der Waals surface area contributed by atoms with Crippen molar-refractivity contribution < 1.29 is 9.53 Å². The summed E-state index contributed by atoms with van der Waals surface area (Å²) in [6.45, 7) is 3.17. The Balaban J connectivity index is 2.05. The Kier molecular flexibility index (Phi) is 5.39. The van der Waals surface area contributed by atoms with E-state index in [1.165, 1.54) is 0 Å². The molecule has 0 unspecified atom stereocenters. The van der Waals surface area contributed by atoms with E-state index in [1.54, 1.807) is 11.9 Å². The van der Waals surface area contributed by atoms with E-state index in [2.05, 4.69) is 15.9 Å². The normalized spacial score (nSPS) is 10.2. The van der Waals surface area contributed by atoms with E-state index in [9.17, 15) is 4.79 Å². The van der Waals surface area contributed by atoms with Crippen molar-refractivity contribution in [1.82, 2.24) is 4.90 Å². The number of rotatable bonds is 5. The third-order valence-electron chi connectivity index (χ3n) is 3.11. The molecule has 0 spiro atoms. The zero-order valence-corrected chi connectivity index (χ0v) is 13.8. The van der Waals surface area contributed by atoms with Crippen molar-refractivity contribution in [3.8, 4) is 5.75 Å². The highest BCUT2D eigenvalue weighted by molar-refractivity contribution is 9.10. The van der Waals surface area contributed by atoms with E-state index < -0.39 is 0 Å². The van der Waals surface area contributed by atoms with Crippen LogP contribution in [0.15, 0.2) is 53.0 Å². The van der Waals surface area contributed by atoms with E-state index in [0.29, 0.717) is 18.7 Å². The number of carbonyl (C=O) groups is 1. The molecule has 2 aromatic carbocycles. The molecule has 4 heteroatoms. The second-order valence-corrected chi connectivity index (χ2v) is 5.57. The molecule has 0 aliphatic rings. The first-order valence-electron chi connectivity index (χ1n) is 6.83. The first-order chi connectivity index (χ1) is 10.1. The van der Waals surface area contributed by atoms with Crippen LogP contribution in [0.2, 0.25) is 0 Å². The molecule has 21 heavy (non-hydrogen) atoms. The summed E-state index contributed by atoms with van der Waals surface area (Å²) in [5.41, 5.74) is 1.74. The minimum absolute atomic E-state index is 0.00337. The summed E-state index contributed by atoms with van der Waals surface area (Å²) in [5.74, 6) is 0.845. The summed E-state index contributed by atoms with van der Waals surface area (Å²) in [6.07, 6.45) is 0. The van der Waals surface area contributed by atoms with Gasteiger partial charge in [-0.2, -0.15) is 0 Å². The molecular weight excluding hydrogens is 330 g/mol. The quantitative estimate of drug-likeness (QED) is 0.814. The second-order valence-electron chi connectivity index (χ2n) is 4.72. The van der Waals surface area contributed by atoms with Crippen LogP contribution in [-0.4, -0.2) is 24.5 Å². The molecule has 0 radical (unpaired) electrons. The average molecular weight is 348 g/mol. The molecule has 0 saturated carbocycles. The van der Waals surface area contributed by atoms with Gasteiger partial charge < -0.3 is 9.64 Å². The molecule has 1 amide bonds. The Morgan fingerprint density at radius 2 is 1.81 bits per heavy atom. The number of hydrogen-bond donors (Lipinski definition) is 0. The van der Waals surface area contributed by atoms with Crippen LogP contribution in [0, 0.1) is 0 Å². The highest BCUT2D eigenvalue weighted by atomic mass is 79.9. The monoisotopic (exact) mass is 347 g/mol. The standard InChI is InChI=1S/C17H18BrNO2/c1-3-21-14-10-8-13(9-11-14)12-19(2)17(20)15-6-4-5-7-16(15)18/h4-11H,3,12H2,1-2H3. The maximum absolute atomic E-state index is 12.4. The lowest BCUT2D eigenvalue weighted by Crippen LogP contribution is -2.26. The van der Waals surface area contributed by atoms with Crippen molar-refractivity contribution in [2.45, 2.75) is 13.5 Å². The average Bonchev–Trinajstić information content (AvgIpc) is 2.49. The predicted molar refractivity (Wildman–Crippen MR) is 87.6 cm³/mol. The third-order valence-corrected chi connectivity index (χ3v) is 3.80. The van der Waals surface area contributed by atoms with Crippen LogP contribution in [0.1, 0.15) is 22.8 Å². The van der Waals surface area contributed by atoms with Crippen molar-refractivity contribution >= 4 is 21.8 Å². The van der Waals surface area contributed by atoms with Gasteiger partial charge in [-0.15, -0.1) is 0 Å². The number of ether oxygens (including phenoxy) is 1. The first kappa shape index (κ1) is 15.6. The van der Waals surface area contributed by atoms with Gasteiger partial charge in [0.05, 0.1) is 12.2 Å². The molecule has 0 atom stereocenters. The van der Waals surface area contributed by atoms with Gasteiger partial charge in [-0.05, 0) is 52.7 Å². The summed E-state index contributed by atoms with van der Waals surface area (Å²) >= 11 is 3.41. The highest BCUT2D eigenvalue weighted by Gasteiger charge is 2.14. The van der Waals surface area contributed by atoms with Crippen LogP contribution >= 0.6 is 15.9 Å². The van der Waals surface area contributed by atoms with Gasteiger partial charge in [-0.1, -0.05) is 24.3 Å². The zero-order chi connectivity index (χ0) is 15.2. The minimum Gasteiger partial charge on any atom is -0.494 e. The summed E-state index contributed by atoms with van der Waals surface area (Å²) in [6, 6.07) is 15.3. The molecule has 0 heterocycles. The second kappa shape index (κ2) is 7.27. The van der Waals surface area contributed by atoms with Crippen LogP contribution in [0.5, 0.6) is 5.75 Å². The lowest BCUT2D eigenvalue weighted by atomic mass is 10.1. The third kappa shape index (κ3) is 4.08. The van der Waals surface area contributed by atoms with Gasteiger partial charge in [0.25, 0.3) is 5.91 Å². The molecule has 0 fully saturated rings. The van der Waals surface area contributed by atoms with E-state index >= 15 is 0 Å². The van der Waals surface area contributed by atoms with Gasteiger partial charge in [-0.3, -0.25) is 4.79 Å². The Hall–Kier alpha value is -1.81.